The monoisotopic (exact) mass is 642 g/mol. The standard InChI is InChI=1S/C36H40F2N6O3/c1-22-11-12-24-8-3-7-23-9-4-10-26(28(23)24)30-29(38)31-27(18-39-30)32(43-15-5-13-35(2,20-43)42-34(45)47-22)41-33(40-31)46-21-36-14-6-16-44(36)19-25(37)17-36/h3-4,7-10,18,22,25H,5-6,11-17,19-21H2,1-2H3,(H,42,45)/t22-,25-,35-,36+/m1/s1. The second-order valence-corrected chi connectivity index (χ2v) is 14.2. The Morgan fingerprint density at radius 2 is 1.96 bits per heavy atom. The summed E-state index contributed by atoms with van der Waals surface area (Å²) in [7, 11) is 0. The van der Waals surface area contributed by atoms with Gasteiger partial charge in [0.05, 0.1) is 16.5 Å². The number of pyridine rings is 1. The van der Waals surface area contributed by atoms with Crippen molar-refractivity contribution < 1.29 is 23.0 Å². The first-order valence-electron chi connectivity index (χ1n) is 16.8. The van der Waals surface area contributed by atoms with Crippen LogP contribution in [0.5, 0.6) is 6.01 Å². The predicted molar refractivity (Wildman–Crippen MR) is 176 cm³/mol. The molecule has 0 unspecified atom stereocenters. The fourth-order valence-corrected chi connectivity index (χ4v) is 8.39. The Balaban J connectivity index is 1.29. The van der Waals surface area contributed by atoms with Crippen molar-refractivity contribution in [3.05, 3.63) is 54.0 Å². The number of hydrogen-bond acceptors (Lipinski definition) is 8. The summed E-state index contributed by atoms with van der Waals surface area (Å²) in [6, 6.07) is 11.9. The molecule has 11 heteroatoms. The van der Waals surface area contributed by atoms with Crippen molar-refractivity contribution in [2.24, 2.45) is 0 Å². The molecule has 0 spiro atoms. The van der Waals surface area contributed by atoms with Crippen molar-refractivity contribution in [3.63, 3.8) is 0 Å². The van der Waals surface area contributed by atoms with Crippen LogP contribution < -0.4 is 15.0 Å². The van der Waals surface area contributed by atoms with Gasteiger partial charge in [-0.25, -0.2) is 13.6 Å². The van der Waals surface area contributed by atoms with Gasteiger partial charge in [-0.3, -0.25) is 9.88 Å². The number of nitrogens with one attached hydrogen (secondary N) is 1. The highest BCUT2D eigenvalue weighted by atomic mass is 19.1. The summed E-state index contributed by atoms with van der Waals surface area (Å²) in [5.41, 5.74) is 0.995. The van der Waals surface area contributed by atoms with E-state index in [9.17, 15) is 9.18 Å². The van der Waals surface area contributed by atoms with Crippen LogP contribution in [0.25, 0.3) is 32.9 Å². The van der Waals surface area contributed by atoms with Crippen LogP contribution in [0.2, 0.25) is 0 Å². The van der Waals surface area contributed by atoms with E-state index in [0.717, 1.165) is 48.6 Å². The number of carbonyl (C=O) groups excluding carboxylic acids is 1. The van der Waals surface area contributed by atoms with Crippen molar-refractivity contribution in [1.82, 2.24) is 25.2 Å². The molecule has 246 valence electrons. The number of fused-ring (bicyclic) bond motifs is 7. The molecule has 5 aliphatic rings. The number of rotatable bonds is 3. The summed E-state index contributed by atoms with van der Waals surface area (Å²) < 4.78 is 43.7. The molecule has 47 heavy (non-hydrogen) atoms. The number of nitrogens with zero attached hydrogens (tertiary/aromatic N) is 5. The lowest BCUT2D eigenvalue weighted by Crippen LogP contribution is -2.57. The third kappa shape index (κ3) is 5.42. The first-order chi connectivity index (χ1) is 22.7. The van der Waals surface area contributed by atoms with Crippen molar-refractivity contribution >= 4 is 33.6 Å². The molecule has 3 fully saturated rings. The van der Waals surface area contributed by atoms with Gasteiger partial charge in [0.25, 0.3) is 0 Å². The van der Waals surface area contributed by atoms with Gasteiger partial charge in [0.2, 0.25) is 0 Å². The number of piperidine rings is 1. The van der Waals surface area contributed by atoms with Crippen LogP contribution in [0.15, 0.2) is 42.6 Å². The molecule has 1 N–H and O–H groups in total. The number of alkyl halides is 1. The van der Waals surface area contributed by atoms with Gasteiger partial charge < -0.3 is 19.7 Å². The highest BCUT2D eigenvalue weighted by molar-refractivity contribution is 6.00. The first kappa shape index (κ1) is 30.2. The van der Waals surface area contributed by atoms with E-state index in [2.05, 4.69) is 15.2 Å². The number of halogens is 2. The molecule has 4 atom stereocenters. The number of aryl methyl sites for hydroxylation is 1. The van der Waals surface area contributed by atoms with Crippen molar-refractivity contribution in [2.45, 2.75) is 82.1 Å². The van der Waals surface area contributed by atoms with Crippen LogP contribution in [0.3, 0.4) is 0 Å². The van der Waals surface area contributed by atoms with Crippen molar-refractivity contribution in [2.75, 3.05) is 37.7 Å². The Kier molecular flexibility index (Phi) is 7.42. The molecule has 2 aromatic heterocycles. The van der Waals surface area contributed by atoms with Crippen LogP contribution in [0, 0.1) is 5.82 Å². The largest absolute Gasteiger partial charge is 0.461 e. The maximum Gasteiger partial charge on any atom is 0.407 e. The summed E-state index contributed by atoms with van der Waals surface area (Å²) in [6.45, 7) is 6.44. The Morgan fingerprint density at radius 1 is 1.13 bits per heavy atom. The zero-order valence-electron chi connectivity index (χ0n) is 26.9. The maximum absolute atomic E-state index is 17.0. The Hall–Kier alpha value is -4.12. The van der Waals surface area contributed by atoms with Crippen molar-refractivity contribution in [3.8, 4) is 17.3 Å². The fourth-order valence-electron chi connectivity index (χ4n) is 8.39. The minimum atomic E-state index is -0.895. The van der Waals surface area contributed by atoms with E-state index >= 15 is 4.39 Å². The maximum atomic E-state index is 17.0. The average molecular weight is 643 g/mol. The van der Waals surface area contributed by atoms with Gasteiger partial charge in [-0.05, 0) is 75.3 Å². The van der Waals surface area contributed by atoms with Gasteiger partial charge in [0.15, 0.2) is 5.82 Å². The third-order valence-electron chi connectivity index (χ3n) is 10.6. The molecule has 1 amide bonds. The molecule has 4 aromatic rings. The van der Waals surface area contributed by atoms with Gasteiger partial charge in [0.1, 0.15) is 35.9 Å². The van der Waals surface area contributed by atoms with Gasteiger partial charge in [-0.1, -0.05) is 36.4 Å². The molecule has 2 aromatic carbocycles. The normalized spacial score (nSPS) is 28.0. The van der Waals surface area contributed by atoms with E-state index in [4.69, 9.17) is 19.4 Å². The number of benzene rings is 2. The van der Waals surface area contributed by atoms with Crippen LogP contribution >= 0.6 is 0 Å². The second-order valence-electron chi connectivity index (χ2n) is 14.2. The minimum absolute atomic E-state index is 0.0529. The molecule has 9 nitrogen and oxygen atoms in total. The van der Waals surface area contributed by atoms with Crippen LogP contribution in [-0.4, -0.2) is 82.1 Å². The quantitative estimate of drug-likeness (QED) is 0.276. The number of carbonyl (C=O) groups is 1. The zero-order valence-corrected chi connectivity index (χ0v) is 26.9. The van der Waals surface area contributed by atoms with E-state index in [-0.39, 0.29) is 29.9 Å². The highest BCUT2D eigenvalue weighted by Gasteiger charge is 2.49. The van der Waals surface area contributed by atoms with Gasteiger partial charge in [-0.2, -0.15) is 9.97 Å². The highest BCUT2D eigenvalue weighted by Crippen LogP contribution is 2.41. The molecule has 5 aliphatic heterocycles. The molecule has 6 bridgehead atoms. The smallest absolute Gasteiger partial charge is 0.407 e. The van der Waals surface area contributed by atoms with Gasteiger partial charge in [-0.15, -0.1) is 0 Å². The lowest BCUT2D eigenvalue weighted by atomic mass is 9.91. The first-order valence-corrected chi connectivity index (χ1v) is 16.8. The second kappa shape index (κ2) is 11.5. The summed E-state index contributed by atoms with van der Waals surface area (Å²) >= 11 is 0. The number of aromatic nitrogens is 3. The van der Waals surface area contributed by atoms with Crippen LogP contribution in [0.4, 0.5) is 19.4 Å². The lowest BCUT2D eigenvalue weighted by Gasteiger charge is -2.41. The van der Waals surface area contributed by atoms with E-state index in [1.54, 1.807) is 6.20 Å². The number of ether oxygens (including phenoxy) is 2. The molecule has 0 saturated carbocycles. The molecular weight excluding hydrogens is 602 g/mol. The number of amides is 1. The number of anilines is 1. The van der Waals surface area contributed by atoms with Crippen molar-refractivity contribution in [1.29, 1.82) is 0 Å². The minimum Gasteiger partial charge on any atom is -0.461 e. The molecule has 9 rings (SSSR count). The molecular formula is C36H40F2N6O3. The summed E-state index contributed by atoms with van der Waals surface area (Å²) in [4.78, 5) is 31.6. The topological polar surface area (TPSA) is 92.7 Å². The van der Waals surface area contributed by atoms with Gasteiger partial charge >= 0.3 is 12.1 Å². The summed E-state index contributed by atoms with van der Waals surface area (Å²) in [5, 5.41) is 5.46. The lowest BCUT2D eigenvalue weighted by molar-refractivity contribution is 0.0915. The summed E-state index contributed by atoms with van der Waals surface area (Å²) in [6.07, 6.45) is 4.96. The van der Waals surface area contributed by atoms with E-state index in [0.29, 0.717) is 55.7 Å². The Bertz CT molecular complexity index is 1870. The number of hydrogen-bond donors (Lipinski definition) is 1. The Morgan fingerprint density at radius 3 is 2.83 bits per heavy atom. The fraction of sp³-hybridized carbons (Fsp3) is 0.500. The zero-order chi connectivity index (χ0) is 32.3. The predicted octanol–water partition coefficient (Wildman–Crippen LogP) is 6.36. The van der Waals surface area contributed by atoms with E-state index < -0.39 is 29.2 Å². The number of alkyl carbamates (subject to hydrolysis) is 1. The Labute approximate surface area is 272 Å². The molecule has 0 aliphatic carbocycles. The molecule has 7 heterocycles. The SMILES string of the molecule is C[C@@H]1CCc2cccc3cccc(c23)-c2ncc3c(nc(OC[C@@]45CCCN4C[C@H](F)C5)nc3c2F)N2CCC[C@](C)(C2)NC(=O)O1. The van der Waals surface area contributed by atoms with Crippen LogP contribution in [0.1, 0.15) is 57.9 Å². The molecule has 0 radical (unpaired) electrons. The van der Waals surface area contributed by atoms with Crippen LogP contribution in [-0.2, 0) is 11.2 Å². The average Bonchev–Trinajstić information content (AvgIpc) is 3.57. The van der Waals surface area contributed by atoms with E-state index in [1.807, 2.05) is 55.1 Å². The third-order valence-corrected chi connectivity index (χ3v) is 10.6. The van der Waals surface area contributed by atoms with Gasteiger partial charge in [0, 0.05) is 37.8 Å². The molecule has 3 saturated heterocycles. The van der Waals surface area contributed by atoms with E-state index in [1.165, 1.54) is 0 Å². The summed E-state index contributed by atoms with van der Waals surface area (Å²) in [5.74, 6) is -0.0476.